The normalized spacial score (nSPS) is 11.3. The average molecular weight is 367 g/mol. The Labute approximate surface area is 153 Å². The highest BCUT2D eigenvalue weighted by atomic mass is 16.5. The molecule has 0 aliphatic heterocycles. The average Bonchev–Trinajstić information content (AvgIpc) is 3.27. The summed E-state index contributed by atoms with van der Waals surface area (Å²) in [4.78, 5) is 23.7. The summed E-state index contributed by atoms with van der Waals surface area (Å²) in [5.74, 6) is 0.840. The van der Waals surface area contributed by atoms with Crippen LogP contribution in [0, 0.1) is 0 Å². The number of nitrogen functional groups attached to an aromatic ring is 1. The standard InChI is InChI=1S/C17H17N7O3/c1-26-8-7-11-22-23-16(27-11)14-20-13(18)12-15(21-14)24(17(25)19-12)9-10-5-3-2-4-6-10/h2-6H,7-9H2,1H3,(H,19,25)(H2,18,20,21). The second kappa shape index (κ2) is 7.00. The maximum atomic E-state index is 12.4. The molecule has 3 heterocycles. The highest BCUT2D eigenvalue weighted by Gasteiger charge is 2.18. The van der Waals surface area contributed by atoms with Crippen molar-refractivity contribution in [3.05, 3.63) is 52.3 Å². The van der Waals surface area contributed by atoms with Gasteiger partial charge in [-0.15, -0.1) is 10.2 Å². The molecule has 4 aromatic rings. The smallest absolute Gasteiger partial charge is 0.328 e. The lowest BCUT2D eigenvalue weighted by atomic mass is 10.2. The number of hydrogen-bond donors (Lipinski definition) is 2. The summed E-state index contributed by atoms with van der Waals surface area (Å²) in [6, 6.07) is 9.58. The van der Waals surface area contributed by atoms with Crippen LogP contribution in [0.3, 0.4) is 0 Å². The van der Waals surface area contributed by atoms with Crippen molar-refractivity contribution in [3.8, 4) is 11.7 Å². The summed E-state index contributed by atoms with van der Waals surface area (Å²) in [6.45, 7) is 0.802. The largest absolute Gasteiger partial charge is 0.418 e. The number of ether oxygens (including phenoxy) is 1. The zero-order valence-electron chi connectivity index (χ0n) is 14.5. The van der Waals surface area contributed by atoms with Crippen LogP contribution in [0.4, 0.5) is 5.82 Å². The number of hydrogen-bond acceptors (Lipinski definition) is 8. The monoisotopic (exact) mass is 367 g/mol. The predicted molar refractivity (Wildman–Crippen MR) is 97.0 cm³/mol. The van der Waals surface area contributed by atoms with E-state index in [1.165, 1.54) is 4.57 Å². The first kappa shape index (κ1) is 16.9. The summed E-state index contributed by atoms with van der Waals surface area (Å²) in [5.41, 5.74) is 7.40. The Hall–Kier alpha value is -3.53. The highest BCUT2D eigenvalue weighted by molar-refractivity contribution is 5.83. The topological polar surface area (TPSA) is 138 Å². The minimum atomic E-state index is -0.321. The summed E-state index contributed by atoms with van der Waals surface area (Å²) < 4.78 is 12.0. The fourth-order valence-corrected chi connectivity index (χ4v) is 2.69. The second-order valence-corrected chi connectivity index (χ2v) is 5.88. The molecule has 0 amide bonds. The number of aromatic amines is 1. The molecule has 0 spiro atoms. The van der Waals surface area contributed by atoms with E-state index in [0.717, 1.165) is 5.56 Å². The van der Waals surface area contributed by atoms with Crippen LogP contribution in [-0.2, 0) is 17.7 Å². The first-order valence-corrected chi connectivity index (χ1v) is 8.27. The maximum Gasteiger partial charge on any atom is 0.328 e. The Balaban J connectivity index is 1.76. The molecule has 0 saturated heterocycles. The van der Waals surface area contributed by atoms with Crippen LogP contribution in [0.5, 0.6) is 0 Å². The molecule has 3 aromatic heterocycles. The van der Waals surface area contributed by atoms with Gasteiger partial charge >= 0.3 is 5.69 Å². The predicted octanol–water partition coefficient (Wildman–Crippen LogP) is 0.989. The number of methoxy groups -OCH3 is 1. The summed E-state index contributed by atoms with van der Waals surface area (Å²) >= 11 is 0. The molecule has 10 nitrogen and oxygen atoms in total. The van der Waals surface area contributed by atoms with Crippen molar-refractivity contribution in [1.29, 1.82) is 0 Å². The number of benzene rings is 1. The van der Waals surface area contributed by atoms with Crippen molar-refractivity contribution in [2.45, 2.75) is 13.0 Å². The second-order valence-electron chi connectivity index (χ2n) is 5.88. The first-order valence-electron chi connectivity index (χ1n) is 8.27. The number of rotatable bonds is 6. The van der Waals surface area contributed by atoms with Crippen LogP contribution in [0.2, 0.25) is 0 Å². The Morgan fingerprint density at radius 1 is 1.22 bits per heavy atom. The molecule has 138 valence electrons. The van der Waals surface area contributed by atoms with E-state index in [4.69, 9.17) is 14.9 Å². The van der Waals surface area contributed by atoms with E-state index >= 15 is 0 Å². The molecule has 0 bridgehead atoms. The maximum absolute atomic E-state index is 12.4. The molecule has 1 aromatic carbocycles. The van der Waals surface area contributed by atoms with Crippen molar-refractivity contribution in [2.24, 2.45) is 0 Å². The van der Waals surface area contributed by atoms with Gasteiger partial charge in [0.25, 0.3) is 5.89 Å². The molecule has 10 heteroatoms. The molecule has 0 radical (unpaired) electrons. The van der Waals surface area contributed by atoms with Gasteiger partial charge in [0, 0.05) is 13.5 Å². The van der Waals surface area contributed by atoms with Crippen molar-refractivity contribution < 1.29 is 9.15 Å². The molecule has 0 aliphatic rings. The molecule has 3 N–H and O–H groups in total. The fourth-order valence-electron chi connectivity index (χ4n) is 2.69. The van der Waals surface area contributed by atoms with Gasteiger partial charge in [-0.25, -0.2) is 14.8 Å². The Bertz CT molecular complexity index is 1130. The van der Waals surface area contributed by atoms with Crippen LogP contribution in [0.25, 0.3) is 22.9 Å². The van der Waals surface area contributed by atoms with E-state index in [1.807, 2.05) is 30.3 Å². The summed E-state index contributed by atoms with van der Waals surface area (Å²) in [6.07, 6.45) is 0.476. The Kier molecular flexibility index (Phi) is 4.38. The summed E-state index contributed by atoms with van der Waals surface area (Å²) in [5, 5.41) is 7.90. The number of nitrogens with zero attached hydrogens (tertiary/aromatic N) is 5. The molecule has 0 atom stereocenters. The third kappa shape index (κ3) is 3.29. The third-order valence-electron chi connectivity index (χ3n) is 4.01. The van der Waals surface area contributed by atoms with E-state index in [0.29, 0.717) is 36.6 Å². The van der Waals surface area contributed by atoms with Gasteiger partial charge in [0.15, 0.2) is 11.5 Å². The lowest BCUT2D eigenvalue weighted by Crippen LogP contribution is -2.17. The van der Waals surface area contributed by atoms with Crippen LogP contribution in [-0.4, -0.2) is 43.4 Å². The van der Waals surface area contributed by atoms with E-state index in [1.54, 1.807) is 7.11 Å². The zero-order valence-corrected chi connectivity index (χ0v) is 14.5. The number of nitrogens with one attached hydrogen (secondary N) is 1. The van der Waals surface area contributed by atoms with Gasteiger partial charge in [-0.1, -0.05) is 30.3 Å². The summed E-state index contributed by atoms with van der Waals surface area (Å²) in [7, 11) is 1.59. The van der Waals surface area contributed by atoms with E-state index in [9.17, 15) is 4.79 Å². The molecule has 0 fully saturated rings. The van der Waals surface area contributed by atoms with Crippen molar-refractivity contribution in [3.63, 3.8) is 0 Å². The molecule has 4 rings (SSSR count). The van der Waals surface area contributed by atoms with Gasteiger partial charge < -0.3 is 19.9 Å². The molecule has 27 heavy (non-hydrogen) atoms. The minimum absolute atomic E-state index is 0.134. The molecule has 0 saturated carbocycles. The van der Waals surface area contributed by atoms with Crippen molar-refractivity contribution in [1.82, 2.24) is 29.7 Å². The van der Waals surface area contributed by atoms with Gasteiger partial charge in [0.05, 0.1) is 13.2 Å². The number of fused-ring (bicyclic) bond motifs is 1. The number of H-pyrrole nitrogens is 1. The van der Waals surface area contributed by atoms with E-state index < -0.39 is 0 Å². The molecular weight excluding hydrogens is 350 g/mol. The SMILES string of the molecule is COCCc1nnc(-c2nc(N)c3[nH]c(=O)n(Cc4ccccc4)c3n2)o1. The number of imidazole rings is 1. The third-order valence-corrected chi connectivity index (χ3v) is 4.01. The lowest BCUT2D eigenvalue weighted by Gasteiger charge is -2.04. The van der Waals surface area contributed by atoms with Crippen LogP contribution in [0.1, 0.15) is 11.5 Å². The molecular formula is C17H17N7O3. The number of anilines is 1. The zero-order chi connectivity index (χ0) is 18.8. The quantitative estimate of drug-likeness (QED) is 0.514. The van der Waals surface area contributed by atoms with Crippen LogP contribution < -0.4 is 11.4 Å². The highest BCUT2D eigenvalue weighted by Crippen LogP contribution is 2.21. The van der Waals surface area contributed by atoms with Crippen molar-refractivity contribution >= 4 is 17.0 Å². The molecule has 0 aliphatic carbocycles. The van der Waals surface area contributed by atoms with Crippen LogP contribution >= 0.6 is 0 Å². The minimum Gasteiger partial charge on any atom is -0.418 e. The van der Waals surface area contributed by atoms with Gasteiger partial charge in [-0.3, -0.25) is 4.57 Å². The van der Waals surface area contributed by atoms with E-state index in [2.05, 4.69) is 25.1 Å². The van der Waals surface area contributed by atoms with Gasteiger partial charge in [-0.05, 0) is 5.56 Å². The van der Waals surface area contributed by atoms with Gasteiger partial charge in [0.2, 0.25) is 11.7 Å². The Morgan fingerprint density at radius 3 is 2.81 bits per heavy atom. The van der Waals surface area contributed by atoms with Gasteiger partial charge in [-0.2, -0.15) is 0 Å². The number of nitrogens with two attached hydrogens (primary N) is 1. The van der Waals surface area contributed by atoms with Gasteiger partial charge in [0.1, 0.15) is 5.52 Å². The van der Waals surface area contributed by atoms with Crippen LogP contribution in [0.15, 0.2) is 39.5 Å². The molecule has 0 unspecified atom stereocenters. The van der Waals surface area contributed by atoms with Crippen molar-refractivity contribution in [2.75, 3.05) is 19.5 Å². The lowest BCUT2D eigenvalue weighted by molar-refractivity contribution is 0.195. The Morgan fingerprint density at radius 2 is 2.04 bits per heavy atom. The first-order chi connectivity index (χ1) is 13.2. The van der Waals surface area contributed by atoms with E-state index in [-0.39, 0.29) is 23.2 Å². The number of aromatic nitrogens is 6. The fraction of sp³-hybridized carbons (Fsp3) is 0.235.